The van der Waals surface area contributed by atoms with Gasteiger partial charge in [-0.05, 0) is 37.1 Å². The molecule has 1 aromatic heterocycles. The molecule has 0 aliphatic rings. The van der Waals surface area contributed by atoms with Crippen LogP contribution in [0.15, 0.2) is 16.5 Å². The van der Waals surface area contributed by atoms with Crippen molar-refractivity contribution < 1.29 is 4.42 Å². The third-order valence-corrected chi connectivity index (χ3v) is 3.28. The molecule has 2 N–H and O–H groups in total. The van der Waals surface area contributed by atoms with Crippen molar-refractivity contribution in [3.63, 3.8) is 0 Å². The van der Waals surface area contributed by atoms with Gasteiger partial charge in [-0.1, -0.05) is 24.9 Å². The van der Waals surface area contributed by atoms with Gasteiger partial charge in [0.05, 0.1) is 0 Å². The van der Waals surface area contributed by atoms with Crippen LogP contribution in [0, 0.1) is 12.8 Å². The topological polar surface area (TPSA) is 52.0 Å². The van der Waals surface area contributed by atoms with Crippen LogP contribution in [0.2, 0.25) is 5.02 Å². The van der Waals surface area contributed by atoms with E-state index in [9.17, 15) is 0 Å². The second kappa shape index (κ2) is 5.07. The van der Waals surface area contributed by atoms with Crippen LogP contribution in [0.4, 0.5) is 0 Å². The molecular formula is C13H17ClN2O. The first-order valence-electron chi connectivity index (χ1n) is 5.89. The fraction of sp³-hybridized carbons (Fsp3) is 0.462. The number of hydrogen-bond donors (Lipinski definition) is 1. The molecule has 0 aliphatic carbocycles. The lowest BCUT2D eigenvalue weighted by Crippen LogP contribution is -2.15. The monoisotopic (exact) mass is 252 g/mol. The normalized spacial score (nSPS) is 13.2. The molecule has 17 heavy (non-hydrogen) atoms. The van der Waals surface area contributed by atoms with Gasteiger partial charge in [-0.2, -0.15) is 0 Å². The number of nitrogens with zero attached hydrogens (tertiary/aromatic N) is 1. The van der Waals surface area contributed by atoms with Gasteiger partial charge in [-0.3, -0.25) is 0 Å². The van der Waals surface area contributed by atoms with Gasteiger partial charge in [0.1, 0.15) is 5.52 Å². The van der Waals surface area contributed by atoms with Crippen LogP contribution in [-0.4, -0.2) is 11.5 Å². The summed E-state index contributed by atoms with van der Waals surface area (Å²) in [6.45, 7) is 4.76. The Labute approximate surface area is 106 Å². The largest absolute Gasteiger partial charge is 0.440 e. The maximum absolute atomic E-state index is 5.99. The summed E-state index contributed by atoms with van der Waals surface area (Å²) in [5.41, 5.74) is 8.37. The summed E-state index contributed by atoms with van der Waals surface area (Å²) in [6, 6.07) is 3.72. The lowest BCUT2D eigenvalue weighted by atomic mass is 10.0. The number of benzene rings is 1. The van der Waals surface area contributed by atoms with E-state index in [2.05, 4.69) is 11.9 Å². The molecule has 0 spiro atoms. The van der Waals surface area contributed by atoms with Gasteiger partial charge in [0.25, 0.3) is 0 Å². The summed E-state index contributed by atoms with van der Waals surface area (Å²) in [7, 11) is 0. The van der Waals surface area contributed by atoms with Crippen LogP contribution >= 0.6 is 11.6 Å². The lowest BCUT2D eigenvalue weighted by Gasteiger charge is -2.07. The molecule has 0 aliphatic heterocycles. The maximum atomic E-state index is 5.99. The van der Waals surface area contributed by atoms with E-state index in [-0.39, 0.29) is 0 Å². The first kappa shape index (κ1) is 12.4. The number of halogens is 1. The van der Waals surface area contributed by atoms with Crippen molar-refractivity contribution in [2.24, 2.45) is 11.7 Å². The van der Waals surface area contributed by atoms with Gasteiger partial charge in [-0.25, -0.2) is 4.98 Å². The van der Waals surface area contributed by atoms with Crippen molar-refractivity contribution in [3.05, 3.63) is 28.6 Å². The maximum Gasteiger partial charge on any atom is 0.195 e. The Kier molecular flexibility index (Phi) is 3.69. The summed E-state index contributed by atoms with van der Waals surface area (Å²) in [4.78, 5) is 4.46. The third kappa shape index (κ3) is 2.61. The molecule has 92 valence electrons. The summed E-state index contributed by atoms with van der Waals surface area (Å²) in [5, 5.41) is 0.695. The van der Waals surface area contributed by atoms with Crippen LogP contribution in [-0.2, 0) is 6.42 Å². The second-order valence-corrected chi connectivity index (χ2v) is 4.83. The minimum absolute atomic E-state index is 0.429. The van der Waals surface area contributed by atoms with E-state index in [0.717, 1.165) is 35.4 Å². The van der Waals surface area contributed by atoms with Crippen molar-refractivity contribution in [2.75, 3.05) is 6.54 Å². The fourth-order valence-corrected chi connectivity index (χ4v) is 2.20. The molecule has 3 nitrogen and oxygen atoms in total. The predicted octanol–water partition coefficient (Wildman–Crippen LogP) is 3.32. The van der Waals surface area contributed by atoms with Crippen molar-refractivity contribution in [3.8, 4) is 0 Å². The van der Waals surface area contributed by atoms with Crippen LogP contribution in [0.25, 0.3) is 11.1 Å². The Morgan fingerprint density at radius 2 is 2.24 bits per heavy atom. The van der Waals surface area contributed by atoms with Crippen LogP contribution in [0.5, 0.6) is 0 Å². The molecule has 0 fully saturated rings. The summed E-state index contributed by atoms with van der Waals surface area (Å²) < 4.78 is 5.76. The van der Waals surface area contributed by atoms with Gasteiger partial charge in [0.2, 0.25) is 0 Å². The van der Waals surface area contributed by atoms with E-state index in [0.29, 0.717) is 17.5 Å². The number of fused-ring (bicyclic) bond motifs is 1. The zero-order chi connectivity index (χ0) is 12.4. The number of aromatic nitrogens is 1. The number of oxazole rings is 1. The first-order chi connectivity index (χ1) is 8.13. The minimum Gasteiger partial charge on any atom is -0.440 e. The molecule has 0 bridgehead atoms. The zero-order valence-electron chi connectivity index (χ0n) is 10.2. The second-order valence-electron chi connectivity index (χ2n) is 4.39. The average Bonchev–Trinajstić information content (AvgIpc) is 2.68. The van der Waals surface area contributed by atoms with E-state index < -0.39 is 0 Å². The van der Waals surface area contributed by atoms with Gasteiger partial charge < -0.3 is 10.2 Å². The van der Waals surface area contributed by atoms with Gasteiger partial charge in [-0.15, -0.1) is 0 Å². The minimum atomic E-state index is 0.429. The Hall–Kier alpha value is -1.06. The highest BCUT2D eigenvalue weighted by Gasteiger charge is 2.13. The molecule has 1 unspecified atom stereocenters. The summed E-state index contributed by atoms with van der Waals surface area (Å²) in [5.74, 6) is 1.18. The molecule has 1 atom stereocenters. The van der Waals surface area contributed by atoms with E-state index >= 15 is 0 Å². The van der Waals surface area contributed by atoms with Crippen molar-refractivity contribution in [1.82, 2.24) is 4.98 Å². The van der Waals surface area contributed by atoms with Crippen molar-refractivity contribution in [2.45, 2.75) is 26.7 Å². The standard InChI is InChI=1S/C13H17ClN2O/c1-3-9(7-15)5-12-16-11-6-10(14)4-8(2)13(11)17-12/h4,6,9H,3,5,7,15H2,1-2H3. The van der Waals surface area contributed by atoms with E-state index in [1.165, 1.54) is 0 Å². The van der Waals surface area contributed by atoms with Gasteiger partial charge in [0, 0.05) is 11.4 Å². The zero-order valence-corrected chi connectivity index (χ0v) is 10.9. The SMILES string of the molecule is CCC(CN)Cc1nc2cc(Cl)cc(C)c2o1. The number of hydrogen-bond acceptors (Lipinski definition) is 3. The first-order valence-corrected chi connectivity index (χ1v) is 6.27. The Morgan fingerprint density at radius 1 is 1.47 bits per heavy atom. The molecule has 0 saturated heterocycles. The lowest BCUT2D eigenvalue weighted by molar-refractivity contribution is 0.437. The Morgan fingerprint density at radius 3 is 2.88 bits per heavy atom. The third-order valence-electron chi connectivity index (χ3n) is 3.06. The van der Waals surface area contributed by atoms with E-state index in [1.54, 1.807) is 0 Å². The quantitative estimate of drug-likeness (QED) is 0.908. The summed E-state index contributed by atoms with van der Waals surface area (Å²) >= 11 is 5.99. The Balaban J connectivity index is 2.34. The smallest absolute Gasteiger partial charge is 0.195 e. The molecule has 2 aromatic rings. The molecule has 1 heterocycles. The number of rotatable bonds is 4. The average molecular weight is 253 g/mol. The van der Waals surface area contributed by atoms with E-state index in [1.807, 2.05) is 19.1 Å². The van der Waals surface area contributed by atoms with E-state index in [4.69, 9.17) is 21.8 Å². The van der Waals surface area contributed by atoms with Gasteiger partial charge >= 0.3 is 0 Å². The number of aryl methyl sites for hydroxylation is 1. The molecule has 0 saturated carbocycles. The Bertz CT molecular complexity index is 517. The highest BCUT2D eigenvalue weighted by Crippen LogP contribution is 2.25. The highest BCUT2D eigenvalue weighted by atomic mass is 35.5. The molecule has 0 radical (unpaired) electrons. The van der Waals surface area contributed by atoms with Crippen LogP contribution in [0.1, 0.15) is 24.8 Å². The molecular weight excluding hydrogens is 236 g/mol. The van der Waals surface area contributed by atoms with Crippen molar-refractivity contribution in [1.29, 1.82) is 0 Å². The van der Waals surface area contributed by atoms with Gasteiger partial charge in [0.15, 0.2) is 11.5 Å². The molecule has 0 amide bonds. The molecule has 1 aromatic carbocycles. The predicted molar refractivity (Wildman–Crippen MR) is 70.3 cm³/mol. The van der Waals surface area contributed by atoms with Crippen LogP contribution < -0.4 is 5.73 Å². The molecule has 4 heteroatoms. The number of nitrogens with two attached hydrogens (primary N) is 1. The highest BCUT2D eigenvalue weighted by molar-refractivity contribution is 6.31. The molecule has 2 rings (SSSR count). The summed E-state index contributed by atoms with van der Waals surface area (Å²) in [6.07, 6.45) is 1.83. The van der Waals surface area contributed by atoms with Crippen LogP contribution in [0.3, 0.4) is 0 Å². The fourth-order valence-electron chi connectivity index (χ4n) is 1.93. The van der Waals surface area contributed by atoms with Crippen molar-refractivity contribution >= 4 is 22.7 Å².